The smallest absolute Gasteiger partial charge is 0.238 e. The number of benzene rings is 9. The number of hydrogen-bond acceptors (Lipinski definition) is 5. The van der Waals surface area contributed by atoms with E-state index < -0.39 is 0 Å². The van der Waals surface area contributed by atoms with Crippen molar-refractivity contribution >= 4 is 97.1 Å². The van der Waals surface area contributed by atoms with E-state index in [0.29, 0.717) is 17.6 Å². The summed E-state index contributed by atoms with van der Waals surface area (Å²) in [7, 11) is 0. The quantitative estimate of drug-likeness (QED) is 0.173. The summed E-state index contributed by atoms with van der Waals surface area (Å²) >= 11 is 1.80. The van der Waals surface area contributed by atoms with E-state index in [0.717, 1.165) is 98.9 Å². The maximum atomic E-state index is 6.81. The Labute approximate surface area is 369 Å². The van der Waals surface area contributed by atoms with Crippen molar-refractivity contribution in [3.63, 3.8) is 0 Å². The molecule has 7 heteroatoms. The lowest BCUT2D eigenvalue weighted by Gasteiger charge is -2.12. The average molecular weight is 836 g/mol. The summed E-state index contributed by atoms with van der Waals surface area (Å²) in [6, 6.07) is 70.8. The lowest BCUT2D eigenvalue weighted by atomic mass is 10.0. The molecule has 0 bridgehead atoms. The Morgan fingerprint density at radius 3 is 1.73 bits per heavy atom. The van der Waals surface area contributed by atoms with Gasteiger partial charge in [-0.3, -0.25) is 4.57 Å². The molecule has 14 rings (SSSR count). The second-order valence-corrected chi connectivity index (χ2v) is 17.4. The number of fused-ring (bicyclic) bond motifs is 12. The second-order valence-electron chi connectivity index (χ2n) is 16.4. The van der Waals surface area contributed by atoms with Crippen molar-refractivity contribution in [2.45, 2.75) is 0 Å². The van der Waals surface area contributed by atoms with E-state index in [-0.39, 0.29) is 0 Å². The van der Waals surface area contributed by atoms with Gasteiger partial charge >= 0.3 is 0 Å². The molecular weight excluding hydrogens is 803 g/mol. The van der Waals surface area contributed by atoms with E-state index in [1.807, 2.05) is 24.3 Å². The third kappa shape index (κ3) is 5.16. The second kappa shape index (κ2) is 13.6. The molecule has 0 amide bonds. The Hall–Kier alpha value is -8.39. The largest absolute Gasteiger partial charge is 0.454 e. The van der Waals surface area contributed by atoms with E-state index in [4.69, 9.17) is 19.4 Å². The highest BCUT2D eigenvalue weighted by molar-refractivity contribution is 7.25. The van der Waals surface area contributed by atoms with Crippen LogP contribution in [-0.4, -0.2) is 24.1 Å². The monoisotopic (exact) mass is 835 g/mol. The fourth-order valence-electron chi connectivity index (χ4n) is 9.94. The van der Waals surface area contributed by atoms with Crippen molar-refractivity contribution in [2.75, 3.05) is 0 Å². The molecule has 0 atom stereocenters. The molecule has 0 spiro atoms. The Kier molecular flexibility index (Phi) is 7.46. The van der Waals surface area contributed by atoms with Gasteiger partial charge in [0.15, 0.2) is 17.2 Å². The first-order valence-corrected chi connectivity index (χ1v) is 22.3. The molecule has 5 heterocycles. The van der Waals surface area contributed by atoms with Crippen LogP contribution in [0.1, 0.15) is 0 Å². The zero-order valence-electron chi connectivity index (χ0n) is 34.1. The fraction of sp³-hybridized carbons (Fsp3) is 0. The number of furan rings is 1. The van der Waals surface area contributed by atoms with Crippen LogP contribution in [-0.2, 0) is 0 Å². The van der Waals surface area contributed by atoms with Crippen LogP contribution in [0, 0.1) is 0 Å². The minimum atomic E-state index is 0.564. The summed E-state index contributed by atoms with van der Waals surface area (Å²) < 4.78 is 13.9. The average Bonchev–Trinajstić information content (AvgIpc) is 4.11. The molecule has 0 unspecified atom stereocenters. The van der Waals surface area contributed by atoms with E-state index >= 15 is 0 Å². The van der Waals surface area contributed by atoms with Crippen LogP contribution < -0.4 is 0 Å². The van der Waals surface area contributed by atoms with Crippen LogP contribution in [0.2, 0.25) is 0 Å². The molecular formula is C57H33N5OS. The summed E-state index contributed by atoms with van der Waals surface area (Å²) in [5.74, 6) is 1.82. The molecule has 0 saturated carbocycles. The Balaban J connectivity index is 1.08. The first kappa shape index (κ1) is 35.2. The first-order valence-electron chi connectivity index (χ1n) is 21.4. The van der Waals surface area contributed by atoms with Gasteiger partial charge in [0.1, 0.15) is 5.58 Å². The third-order valence-corrected chi connectivity index (χ3v) is 13.9. The highest BCUT2D eigenvalue weighted by Crippen LogP contribution is 2.44. The van der Waals surface area contributed by atoms with Gasteiger partial charge in [-0.05, 0) is 65.7 Å². The topological polar surface area (TPSA) is 61.7 Å². The maximum absolute atomic E-state index is 6.81. The van der Waals surface area contributed by atoms with Crippen LogP contribution in [0.25, 0.3) is 131 Å². The van der Waals surface area contributed by atoms with Crippen molar-refractivity contribution in [1.82, 2.24) is 24.1 Å². The molecule has 14 aromatic rings. The number of thiophene rings is 1. The van der Waals surface area contributed by atoms with E-state index in [1.54, 1.807) is 11.3 Å². The predicted molar refractivity (Wildman–Crippen MR) is 265 cm³/mol. The molecule has 5 aromatic heterocycles. The number of nitrogens with zero attached hydrogens (tertiary/aromatic N) is 5. The molecule has 64 heavy (non-hydrogen) atoms. The molecule has 6 nitrogen and oxygen atoms in total. The van der Waals surface area contributed by atoms with E-state index in [9.17, 15) is 0 Å². The highest BCUT2D eigenvalue weighted by atomic mass is 32.1. The van der Waals surface area contributed by atoms with Crippen LogP contribution in [0.4, 0.5) is 0 Å². The fourth-order valence-corrected chi connectivity index (χ4v) is 11.1. The Morgan fingerprint density at radius 2 is 0.969 bits per heavy atom. The number of aromatic nitrogens is 5. The minimum absolute atomic E-state index is 0.564. The molecule has 0 N–H and O–H groups in total. The predicted octanol–water partition coefficient (Wildman–Crippen LogP) is 15.3. The summed E-state index contributed by atoms with van der Waals surface area (Å²) in [6.45, 7) is 0. The molecule has 0 radical (unpaired) electrons. The van der Waals surface area contributed by atoms with Gasteiger partial charge in [0.2, 0.25) is 5.95 Å². The molecule has 0 saturated heterocycles. The van der Waals surface area contributed by atoms with Gasteiger partial charge in [0, 0.05) is 63.6 Å². The zero-order chi connectivity index (χ0) is 41.9. The minimum Gasteiger partial charge on any atom is -0.454 e. The van der Waals surface area contributed by atoms with E-state index in [1.165, 1.54) is 14.8 Å². The zero-order valence-corrected chi connectivity index (χ0v) is 34.9. The van der Waals surface area contributed by atoms with Crippen molar-refractivity contribution in [1.29, 1.82) is 0 Å². The molecule has 0 aliphatic carbocycles. The van der Waals surface area contributed by atoms with Crippen LogP contribution in [0.15, 0.2) is 205 Å². The first-order chi connectivity index (χ1) is 31.7. The standard InChI is InChI=1S/C57H33N5OS/c1-3-16-34(17-4-1)36-30-44-39-22-9-13-27-50(39)63-54(44)49(31-36)61-45-25-11-7-20-37(45)42-33-48-43(32-47(42)61)38-21-8-12-26-46(38)62(48)57-59-55(35-18-5-2-6-19-35)58-56(60-57)41-24-15-29-52-53(41)40-23-10-14-28-51(40)64-52/h1-33H. The van der Waals surface area contributed by atoms with Gasteiger partial charge < -0.3 is 8.98 Å². The van der Waals surface area contributed by atoms with Gasteiger partial charge in [0.25, 0.3) is 0 Å². The Morgan fingerprint density at radius 1 is 0.375 bits per heavy atom. The van der Waals surface area contributed by atoms with Gasteiger partial charge in [-0.15, -0.1) is 11.3 Å². The highest BCUT2D eigenvalue weighted by Gasteiger charge is 2.24. The van der Waals surface area contributed by atoms with Crippen molar-refractivity contribution in [3.05, 3.63) is 200 Å². The van der Waals surface area contributed by atoms with Crippen LogP contribution in [0.5, 0.6) is 0 Å². The lowest BCUT2D eigenvalue weighted by Crippen LogP contribution is -2.06. The van der Waals surface area contributed by atoms with Gasteiger partial charge in [-0.1, -0.05) is 146 Å². The molecule has 0 fully saturated rings. The third-order valence-electron chi connectivity index (χ3n) is 12.8. The number of rotatable bonds is 5. The molecule has 298 valence electrons. The summed E-state index contributed by atoms with van der Waals surface area (Å²) in [5.41, 5.74) is 11.1. The molecule has 0 aliphatic rings. The summed E-state index contributed by atoms with van der Waals surface area (Å²) in [4.78, 5) is 16.0. The normalized spacial score (nSPS) is 12.1. The van der Waals surface area contributed by atoms with Crippen molar-refractivity contribution < 1.29 is 4.42 Å². The number of hydrogen-bond donors (Lipinski definition) is 0. The maximum Gasteiger partial charge on any atom is 0.238 e. The van der Waals surface area contributed by atoms with Gasteiger partial charge in [-0.2, -0.15) is 9.97 Å². The van der Waals surface area contributed by atoms with Crippen molar-refractivity contribution in [2.24, 2.45) is 0 Å². The Bertz CT molecular complexity index is 4200. The van der Waals surface area contributed by atoms with Crippen molar-refractivity contribution in [3.8, 4) is 45.5 Å². The van der Waals surface area contributed by atoms with Crippen LogP contribution >= 0.6 is 11.3 Å². The number of para-hydroxylation sites is 3. The van der Waals surface area contributed by atoms with Crippen LogP contribution in [0.3, 0.4) is 0 Å². The molecule has 9 aromatic carbocycles. The summed E-state index contributed by atoms with van der Waals surface area (Å²) in [6.07, 6.45) is 0. The summed E-state index contributed by atoms with van der Waals surface area (Å²) in [5, 5.41) is 9.01. The lowest BCUT2D eigenvalue weighted by molar-refractivity contribution is 0.666. The van der Waals surface area contributed by atoms with Gasteiger partial charge in [-0.25, -0.2) is 4.98 Å². The molecule has 0 aliphatic heterocycles. The van der Waals surface area contributed by atoms with E-state index in [2.05, 4.69) is 185 Å². The van der Waals surface area contributed by atoms with Gasteiger partial charge in [0.05, 0.1) is 27.8 Å². The SMILES string of the molecule is c1ccc(-c2cc(-n3c4ccccc4c4cc5c(cc43)c3ccccc3n5-c3nc(-c4ccccc4)nc(-c4cccc5sc6ccccc6c45)n3)c3oc4ccccc4c3c2)cc1.